The standard InChI is InChI=1S/C15H21NO3/c1-10(16)15(17)19-14(12-8-9-12)11(2)18-13-6-4-3-5-7-13/h3-7,10-12,14H,8-9,16H2,1-2H3/t10-,11-,14?/m0/s1. The topological polar surface area (TPSA) is 61.6 Å². The number of ether oxygens (including phenoxy) is 2. The van der Waals surface area contributed by atoms with Gasteiger partial charge in [-0.1, -0.05) is 18.2 Å². The number of hydrogen-bond donors (Lipinski definition) is 1. The number of esters is 1. The predicted molar refractivity (Wildman–Crippen MR) is 72.8 cm³/mol. The highest BCUT2D eigenvalue weighted by atomic mass is 16.6. The van der Waals surface area contributed by atoms with Crippen LogP contribution in [-0.2, 0) is 9.53 Å². The number of nitrogens with two attached hydrogens (primary N) is 1. The second-order valence-corrected chi connectivity index (χ2v) is 5.16. The van der Waals surface area contributed by atoms with Crippen molar-refractivity contribution in [2.24, 2.45) is 11.7 Å². The van der Waals surface area contributed by atoms with Crippen LogP contribution in [0.1, 0.15) is 26.7 Å². The van der Waals surface area contributed by atoms with E-state index in [4.69, 9.17) is 15.2 Å². The summed E-state index contributed by atoms with van der Waals surface area (Å²) in [7, 11) is 0. The van der Waals surface area contributed by atoms with Gasteiger partial charge in [0.1, 0.15) is 24.0 Å². The summed E-state index contributed by atoms with van der Waals surface area (Å²) in [4.78, 5) is 11.6. The van der Waals surface area contributed by atoms with Crippen LogP contribution in [0.5, 0.6) is 5.75 Å². The molecule has 1 aromatic rings. The van der Waals surface area contributed by atoms with Gasteiger partial charge in [-0.25, -0.2) is 0 Å². The second-order valence-electron chi connectivity index (χ2n) is 5.16. The molecule has 2 rings (SSSR count). The van der Waals surface area contributed by atoms with Gasteiger partial charge in [-0.3, -0.25) is 4.79 Å². The highest BCUT2D eigenvalue weighted by Crippen LogP contribution is 2.37. The highest BCUT2D eigenvalue weighted by molar-refractivity contribution is 5.75. The molecule has 1 unspecified atom stereocenters. The third-order valence-corrected chi connectivity index (χ3v) is 3.24. The van der Waals surface area contributed by atoms with E-state index in [9.17, 15) is 4.79 Å². The number of benzene rings is 1. The Hall–Kier alpha value is -1.55. The van der Waals surface area contributed by atoms with Crippen LogP contribution in [0, 0.1) is 5.92 Å². The van der Waals surface area contributed by atoms with Crippen molar-refractivity contribution >= 4 is 5.97 Å². The van der Waals surface area contributed by atoms with Crippen LogP contribution in [0.15, 0.2) is 30.3 Å². The van der Waals surface area contributed by atoms with Crippen LogP contribution in [0.25, 0.3) is 0 Å². The maximum atomic E-state index is 11.6. The molecule has 19 heavy (non-hydrogen) atoms. The molecule has 0 heterocycles. The second kappa shape index (κ2) is 6.06. The summed E-state index contributed by atoms with van der Waals surface area (Å²) in [6.07, 6.45) is 1.79. The van der Waals surface area contributed by atoms with E-state index in [2.05, 4.69) is 0 Å². The van der Waals surface area contributed by atoms with Crippen LogP contribution in [0.4, 0.5) is 0 Å². The van der Waals surface area contributed by atoms with Crippen molar-refractivity contribution in [3.8, 4) is 5.75 Å². The molecule has 0 spiro atoms. The van der Waals surface area contributed by atoms with Gasteiger partial charge in [-0.15, -0.1) is 0 Å². The van der Waals surface area contributed by atoms with Crippen LogP contribution in [0.3, 0.4) is 0 Å². The summed E-state index contributed by atoms with van der Waals surface area (Å²) in [5.41, 5.74) is 5.54. The molecule has 1 aliphatic carbocycles. The molecular formula is C15H21NO3. The Morgan fingerprint density at radius 1 is 1.26 bits per heavy atom. The average molecular weight is 263 g/mol. The molecule has 0 bridgehead atoms. The summed E-state index contributed by atoms with van der Waals surface area (Å²) in [6, 6.07) is 8.98. The molecule has 2 N–H and O–H groups in total. The first-order chi connectivity index (χ1) is 9.08. The van der Waals surface area contributed by atoms with Gasteiger partial charge in [0, 0.05) is 0 Å². The van der Waals surface area contributed by atoms with E-state index in [1.54, 1.807) is 6.92 Å². The van der Waals surface area contributed by atoms with Crippen molar-refractivity contribution in [3.05, 3.63) is 30.3 Å². The lowest BCUT2D eigenvalue weighted by atomic mass is 10.1. The summed E-state index contributed by atoms with van der Waals surface area (Å²) in [6.45, 7) is 3.57. The normalized spacial score (nSPS) is 19.3. The SMILES string of the molecule is C[C@H](N)C(=O)OC(C1CC1)[C@H](C)Oc1ccccc1. The molecule has 0 radical (unpaired) electrons. The fraction of sp³-hybridized carbons (Fsp3) is 0.533. The van der Waals surface area contributed by atoms with E-state index in [-0.39, 0.29) is 18.2 Å². The van der Waals surface area contributed by atoms with Gasteiger partial charge in [0.25, 0.3) is 0 Å². The van der Waals surface area contributed by atoms with Gasteiger partial charge in [-0.05, 0) is 44.7 Å². The first kappa shape index (κ1) is 13.9. The van der Waals surface area contributed by atoms with Crippen LogP contribution >= 0.6 is 0 Å². The molecule has 0 aliphatic heterocycles. The maximum absolute atomic E-state index is 11.6. The number of rotatable bonds is 6. The summed E-state index contributed by atoms with van der Waals surface area (Å²) in [5.74, 6) is 0.833. The lowest BCUT2D eigenvalue weighted by molar-refractivity contribution is -0.156. The molecular weight excluding hydrogens is 242 g/mol. The third kappa shape index (κ3) is 3.96. The minimum atomic E-state index is -0.592. The van der Waals surface area contributed by atoms with Gasteiger partial charge in [0.2, 0.25) is 0 Å². The zero-order valence-electron chi connectivity index (χ0n) is 11.4. The Kier molecular flexibility index (Phi) is 4.43. The predicted octanol–water partition coefficient (Wildman–Crippen LogP) is 2.12. The highest BCUT2D eigenvalue weighted by Gasteiger charge is 2.39. The van der Waals surface area contributed by atoms with Crippen LogP contribution < -0.4 is 10.5 Å². The molecule has 4 heteroatoms. The van der Waals surface area contributed by atoms with Crippen molar-refractivity contribution in [3.63, 3.8) is 0 Å². The number of carbonyl (C=O) groups excluding carboxylic acids is 1. The molecule has 104 valence electrons. The summed E-state index contributed by atoms with van der Waals surface area (Å²) < 4.78 is 11.3. The van der Waals surface area contributed by atoms with Gasteiger partial charge in [0.15, 0.2) is 0 Å². The Morgan fingerprint density at radius 3 is 2.42 bits per heavy atom. The molecule has 0 aromatic heterocycles. The molecule has 4 nitrogen and oxygen atoms in total. The zero-order chi connectivity index (χ0) is 13.8. The monoisotopic (exact) mass is 263 g/mol. The van der Waals surface area contributed by atoms with E-state index in [0.29, 0.717) is 5.92 Å². The maximum Gasteiger partial charge on any atom is 0.323 e. The van der Waals surface area contributed by atoms with Crippen LogP contribution in [-0.4, -0.2) is 24.2 Å². The van der Waals surface area contributed by atoms with Gasteiger partial charge < -0.3 is 15.2 Å². The van der Waals surface area contributed by atoms with E-state index in [0.717, 1.165) is 18.6 Å². The Balaban J connectivity index is 1.97. The third-order valence-electron chi connectivity index (χ3n) is 3.24. The Bertz CT molecular complexity index is 415. The van der Waals surface area contributed by atoms with Crippen LogP contribution in [0.2, 0.25) is 0 Å². The molecule has 3 atom stereocenters. The quantitative estimate of drug-likeness (QED) is 0.799. The fourth-order valence-electron chi connectivity index (χ4n) is 2.02. The zero-order valence-corrected chi connectivity index (χ0v) is 11.4. The largest absolute Gasteiger partial charge is 0.487 e. The molecule has 1 aliphatic rings. The lowest BCUT2D eigenvalue weighted by Gasteiger charge is -2.25. The smallest absolute Gasteiger partial charge is 0.323 e. The number of para-hydroxylation sites is 1. The van der Waals surface area contributed by atoms with Gasteiger partial charge >= 0.3 is 5.97 Å². The minimum Gasteiger partial charge on any atom is -0.487 e. The number of carbonyl (C=O) groups is 1. The van der Waals surface area contributed by atoms with E-state index in [1.807, 2.05) is 37.3 Å². The number of hydrogen-bond acceptors (Lipinski definition) is 4. The van der Waals surface area contributed by atoms with Gasteiger partial charge in [-0.2, -0.15) is 0 Å². The molecule has 0 amide bonds. The van der Waals surface area contributed by atoms with Crippen molar-refractivity contribution in [2.75, 3.05) is 0 Å². The Morgan fingerprint density at radius 2 is 1.89 bits per heavy atom. The first-order valence-corrected chi connectivity index (χ1v) is 6.75. The van der Waals surface area contributed by atoms with E-state index >= 15 is 0 Å². The lowest BCUT2D eigenvalue weighted by Crippen LogP contribution is -2.39. The van der Waals surface area contributed by atoms with Crippen molar-refractivity contribution in [1.82, 2.24) is 0 Å². The average Bonchev–Trinajstić information content (AvgIpc) is 3.20. The van der Waals surface area contributed by atoms with Crippen molar-refractivity contribution in [1.29, 1.82) is 0 Å². The molecule has 1 fully saturated rings. The molecule has 1 saturated carbocycles. The fourth-order valence-corrected chi connectivity index (χ4v) is 2.02. The first-order valence-electron chi connectivity index (χ1n) is 6.75. The Labute approximate surface area is 113 Å². The van der Waals surface area contributed by atoms with Crippen molar-refractivity contribution < 1.29 is 14.3 Å². The molecule has 0 saturated heterocycles. The van der Waals surface area contributed by atoms with Crippen molar-refractivity contribution in [2.45, 2.75) is 44.9 Å². The van der Waals surface area contributed by atoms with E-state index < -0.39 is 6.04 Å². The summed E-state index contributed by atoms with van der Waals surface area (Å²) >= 11 is 0. The minimum absolute atomic E-state index is 0.169. The summed E-state index contributed by atoms with van der Waals surface area (Å²) in [5, 5.41) is 0. The van der Waals surface area contributed by atoms with E-state index in [1.165, 1.54) is 0 Å². The van der Waals surface area contributed by atoms with Gasteiger partial charge in [0.05, 0.1) is 0 Å². The molecule has 1 aromatic carbocycles.